The quantitative estimate of drug-likeness (QED) is 0.225. The highest BCUT2D eigenvalue weighted by molar-refractivity contribution is 7.99. The van der Waals surface area contributed by atoms with Gasteiger partial charge in [-0.15, -0.1) is 0 Å². The minimum Gasteiger partial charge on any atom is -0.457 e. The van der Waals surface area contributed by atoms with E-state index in [4.69, 9.17) is 10.5 Å². The Bertz CT molecular complexity index is 1450. The molecule has 174 valence electrons. The van der Waals surface area contributed by atoms with Crippen molar-refractivity contribution in [1.82, 2.24) is 10.3 Å². The number of primary amides is 1. The van der Waals surface area contributed by atoms with Crippen molar-refractivity contribution in [2.45, 2.75) is 22.9 Å². The van der Waals surface area contributed by atoms with E-state index in [1.807, 2.05) is 78.9 Å². The summed E-state index contributed by atoms with van der Waals surface area (Å²) in [6, 6.07) is 34.0. The summed E-state index contributed by atoms with van der Waals surface area (Å²) in [4.78, 5) is 17.2. The average molecular weight is 480 g/mol. The van der Waals surface area contributed by atoms with Crippen LogP contribution in [0.1, 0.15) is 21.6 Å². The van der Waals surface area contributed by atoms with Gasteiger partial charge in [-0.25, -0.2) is 0 Å². The van der Waals surface area contributed by atoms with E-state index < -0.39 is 5.91 Å². The predicted molar refractivity (Wildman–Crippen MR) is 141 cm³/mol. The third-order valence-electron chi connectivity index (χ3n) is 5.56. The van der Waals surface area contributed by atoms with Crippen LogP contribution in [0, 0.1) is 0 Å². The molecule has 6 heteroatoms. The smallest absolute Gasteiger partial charge is 0.266 e. The van der Waals surface area contributed by atoms with Crippen molar-refractivity contribution in [1.29, 1.82) is 0 Å². The third kappa shape index (κ3) is 5.57. The highest BCUT2D eigenvalue weighted by Crippen LogP contribution is 2.36. The Balaban J connectivity index is 1.27. The van der Waals surface area contributed by atoms with E-state index in [1.165, 1.54) is 0 Å². The zero-order valence-electron chi connectivity index (χ0n) is 19.0. The Morgan fingerprint density at radius 2 is 1.49 bits per heavy atom. The van der Waals surface area contributed by atoms with Crippen molar-refractivity contribution >= 4 is 28.6 Å². The van der Waals surface area contributed by atoms with E-state index in [0.717, 1.165) is 43.3 Å². The maximum absolute atomic E-state index is 12.1. The van der Waals surface area contributed by atoms with Gasteiger partial charge in [0.1, 0.15) is 17.2 Å². The molecule has 4 N–H and O–H groups in total. The number of aromatic nitrogens is 1. The Kier molecular flexibility index (Phi) is 6.84. The van der Waals surface area contributed by atoms with E-state index in [1.54, 1.807) is 11.8 Å². The number of fused-ring (bicyclic) bond motifs is 1. The highest BCUT2D eigenvalue weighted by Gasteiger charge is 2.17. The van der Waals surface area contributed by atoms with Crippen LogP contribution in [0.25, 0.3) is 10.9 Å². The average Bonchev–Trinajstić information content (AvgIpc) is 3.23. The second-order valence-electron chi connectivity index (χ2n) is 8.15. The van der Waals surface area contributed by atoms with Gasteiger partial charge in [0.05, 0.1) is 4.90 Å². The van der Waals surface area contributed by atoms with Gasteiger partial charge in [-0.1, -0.05) is 72.4 Å². The zero-order valence-corrected chi connectivity index (χ0v) is 19.8. The van der Waals surface area contributed by atoms with Gasteiger partial charge in [-0.3, -0.25) is 4.79 Å². The number of ether oxygens (including phenoxy) is 1. The van der Waals surface area contributed by atoms with Crippen LogP contribution in [-0.4, -0.2) is 10.9 Å². The molecule has 1 heterocycles. The second-order valence-corrected chi connectivity index (χ2v) is 9.24. The van der Waals surface area contributed by atoms with E-state index in [-0.39, 0.29) is 0 Å². The number of H-pyrrole nitrogens is 1. The van der Waals surface area contributed by atoms with Crippen molar-refractivity contribution in [3.05, 3.63) is 120 Å². The fourth-order valence-electron chi connectivity index (χ4n) is 3.91. The number of nitrogens with two attached hydrogens (primary N) is 1. The summed E-state index contributed by atoms with van der Waals surface area (Å²) >= 11 is 1.54. The summed E-state index contributed by atoms with van der Waals surface area (Å²) < 4.78 is 5.94. The summed E-state index contributed by atoms with van der Waals surface area (Å²) in [5.74, 6) is 1.17. The molecule has 4 aromatic carbocycles. The number of nitrogens with one attached hydrogen (secondary N) is 2. The molecule has 0 atom stereocenters. The van der Waals surface area contributed by atoms with Crippen LogP contribution < -0.4 is 15.8 Å². The lowest BCUT2D eigenvalue weighted by molar-refractivity contribution is 0.0993. The van der Waals surface area contributed by atoms with Gasteiger partial charge in [0.2, 0.25) is 0 Å². The second kappa shape index (κ2) is 10.5. The lowest BCUT2D eigenvalue weighted by Crippen LogP contribution is -2.12. The Labute approximate surface area is 208 Å². The Morgan fingerprint density at radius 3 is 2.23 bits per heavy atom. The summed E-state index contributed by atoms with van der Waals surface area (Å²) in [5.41, 5.74) is 9.26. The number of benzene rings is 4. The van der Waals surface area contributed by atoms with Gasteiger partial charge in [0.15, 0.2) is 0 Å². The standard InChI is InChI=1S/C29H25N3O2S/c30-29(33)27-28(35-24-12-5-2-6-13-24)25-15-14-21(17-26(25)32-27)19-31-18-20-8-7-11-23(16-20)34-22-9-3-1-4-10-22/h1-17,31-32H,18-19H2,(H2,30,33). The van der Waals surface area contributed by atoms with Crippen molar-refractivity contribution in [2.75, 3.05) is 0 Å². The molecule has 0 aliphatic carbocycles. The minimum atomic E-state index is -0.461. The summed E-state index contributed by atoms with van der Waals surface area (Å²) in [7, 11) is 0. The van der Waals surface area contributed by atoms with Gasteiger partial charge >= 0.3 is 0 Å². The van der Waals surface area contributed by atoms with Crippen LogP contribution in [0.2, 0.25) is 0 Å². The fourth-order valence-corrected chi connectivity index (χ4v) is 4.98. The van der Waals surface area contributed by atoms with E-state index in [9.17, 15) is 4.79 Å². The number of aromatic amines is 1. The van der Waals surface area contributed by atoms with Crippen LogP contribution >= 0.6 is 11.8 Å². The van der Waals surface area contributed by atoms with Crippen molar-refractivity contribution in [3.8, 4) is 11.5 Å². The number of carbonyl (C=O) groups excluding carboxylic acids is 1. The Morgan fingerprint density at radius 1 is 0.800 bits per heavy atom. The maximum Gasteiger partial charge on any atom is 0.266 e. The lowest BCUT2D eigenvalue weighted by Gasteiger charge is -2.09. The molecule has 1 aromatic heterocycles. The van der Waals surface area contributed by atoms with Gasteiger partial charge in [-0.05, 0) is 53.6 Å². The molecule has 1 amide bonds. The molecule has 5 rings (SSSR count). The van der Waals surface area contributed by atoms with E-state index >= 15 is 0 Å². The zero-order chi connectivity index (χ0) is 24.0. The number of rotatable bonds is 9. The van der Waals surface area contributed by atoms with Crippen LogP contribution in [0.3, 0.4) is 0 Å². The normalized spacial score (nSPS) is 11.0. The fraction of sp³-hybridized carbons (Fsp3) is 0.0690. The molecule has 5 nitrogen and oxygen atoms in total. The monoisotopic (exact) mass is 479 g/mol. The molecule has 0 unspecified atom stereocenters. The predicted octanol–water partition coefficient (Wildman–Crippen LogP) is 6.50. The molecular weight excluding hydrogens is 454 g/mol. The number of para-hydroxylation sites is 1. The molecule has 5 aromatic rings. The molecule has 0 aliphatic rings. The number of amides is 1. The first kappa shape index (κ1) is 22.8. The molecule has 0 bridgehead atoms. The maximum atomic E-state index is 12.1. The number of hydrogen-bond acceptors (Lipinski definition) is 4. The van der Waals surface area contributed by atoms with E-state index in [0.29, 0.717) is 18.8 Å². The number of hydrogen-bond donors (Lipinski definition) is 3. The molecule has 35 heavy (non-hydrogen) atoms. The first-order valence-electron chi connectivity index (χ1n) is 11.4. The molecule has 0 fully saturated rings. The summed E-state index contributed by atoms with van der Waals surface area (Å²) in [6.07, 6.45) is 0. The van der Waals surface area contributed by atoms with Crippen LogP contribution in [-0.2, 0) is 13.1 Å². The van der Waals surface area contributed by atoms with Gasteiger partial charge in [-0.2, -0.15) is 0 Å². The third-order valence-corrected chi connectivity index (χ3v) is 6.70. The minimum absolute atomic E-state index is 0.439. The number of carbonyl (C=O) groups is 1. The molecule has 0 saturated heterocycles. The molecular formula is C29H25N3O2S. The summed E-state index contributed by atoms with van der Waals surface area (Å²) in [5, 5.41) is 4.48. The summed E-state index contributed by atoms with van der Waals surface area (Å²) in [6.45, 7) is 1.39. The lowest BCUT2D eigenvalue weighted by atomic mass is 10.1. The highest BCUT2D eigenvalue weighted by atomic mass is 32.2. The van der Waals surface area contributed by atoms with Crippen LogP contribution in [0.15, 0.2) is 113 Å². The van der Waals surface area contributed by atoms with Crippen LogP contribution in [0.4, 0.5) is 0 Å². The molecule has 0 aliphatic heterocycles. The SMILES string of the molecule is NC(=O)c1[nH]c2cc(CNCc3cccc(Oc4ccccc4)c3)ccc2c1Sc1ccccc1. The first-order chi connectivity index (χ1) is 17.2. The largest absolute Gasteiger partial charge is 0.457 e. The first-order valence-corrected chi connectivity index (χ1v) is 12.2. The topological polar surface area (TPSA) is 80.1 Å². The van der Waals surface area contributed by atoms with Crippen molar-refractivity contribution < 1.29 is 9.53 Å². The van der Waals surface area contributed by atoms with E-state index in [2.05, 4.69) is 34.6 Å². The molecule has 0 radical (unpaired) electrons. The van der Waals surface area contributed by atoms with Gasteiger partial charge in [0.25, 0.3) is 5.91 Å². The van der Waals surface area contributed by atoms with Gasteiger partial charge in [0, 0.05) is 28.9 Å². The van der Waals surface area contributed by atoms with Crippen molar-refractivity contribution in [2.24, 2.45) is 5.73 Å². The Hall–Kier alpha value is -4.00. The van der Waals surface area contributed by atoms with Crippen LogP contribution in [0.5, 0.6) is 11.5 Å². The van der Waals surface area contributed by atoms with Gasteiger partial charge < -0.3 is 20.8 Å². The van der Waals surface area contributed by atoms with Crippen molar-refractivity contribution in [3.63, 3.8) is 0 Å². The molecule has 0 spiro atoms. The molecule has 0 saturated carbocycles.